The fraction of sp³-hybridized carbons (Fsp3) is 1.00. The maximum atomic E-state index is 10.7. The maximum absolute atomic E-state index is 10.7. The molecule has 0 aliphatic rings. The first-order chi connectivity index (χ1) is 6.50. The summed E-state index contributed by atoms with van der Waals surface area (Å²) in [6, 6.07) is 0. The van der Waals surface area contributed by atoms with Crippen LogP contribution in [0, 0.1) is 0 Å². The van der Waals surface area contributed by atoms with Crippen molar-refractivity contribution in [2.24, 2.45) is 0 Å². The van der Waals surface area contributed by atoms with Crippen molar-refractivity contribution in [1.29, 1.82) is 0 Å². The van der Waals surface area contributed by atoms with E-state index in [0.29, 0.717) is 0 Å². The first-order valence-electron chi connectivity index (χ1n) is 2.54. The normalized spacial score (nSPS) is 12.4. The largest absolute Gasteiger partial charge is 1.00 e. The Morgan fingerprint density at radius 3 is 0.722 bits per heavy atom. The van der Waals surface area contributed by atoms with Crippen LogP contribution in [0.1, 0.15) is 0 Å². The third kappa shape index (κ3) is 13.0. The van der Waals surface area contributed by atoms with Crippen LogP contribution >= 0.6 is 0 Å². The van der Waals surface area contributed by atoms with Gasteiger partial charge in [0.25, 0.3) is 0 Å². The van der Waals surface area contributed by atoms with Gasteiger partial charge in [-0.1, -0.05) is 0 Å². The van der Waals surface area contributed by atoms with Crippen LogP contribution < -0.4 is 80.9 Å². The summed E-state index contributed by atoms with van der Waals surface area (Å²) in [5, 5.41) is 0. The van der Waals surface area contributed by atoms with E-state index in [2.05, 4.69) is 0 Å². The molecule has 6 nitrogen and oxygen atoms in total. The zero-order valence-electron chi connectivity index (χ0n) is 8.53. The van der Waals surface area contributed by atoms with Crippen LogP contribution in [0.4, 0.5) is 26.3 Å². The van der Waals surface area contributed by atoms with E-state index >= 15 is 0 Å². The Morgan fingerprint density at radius 2 is 0.722 bits per heavy atom. The van der Waals surface area contributed by atoms with Crippen molar-refractivity contribution in [3.63, 3.8) is 0 Å². The fourth-order valence-electron chi connectivity index (χ4n) is 0. The van der Waals surface area contributed by atoms with Gasteiger partial charge >= 0.3 is 92.0 Å². The predicted molar refractivity (Wildman–Crippen MR) is 31.5 cm³/mol. The molecule has 0 aromatic heterocycles. The molecule has 0 amide bonds. The Hall–Kier alpha value is 2.04. The van der Waals surface area contributed by atoms with Gasteiger partial charge in [0.05, 0.1) is 0 Å². The molecule has 100 valence electrons. The van der Waals surface area contributed by atoms with E-state index in [1.54, 1.807) is 0 Å². The number of halogens is 6. The van der Waals surface area contributed by atoms with Crippen molar-refractivity contribution < 1.29 is 133 Å². The van der Waals surface area contributed by atoms with Crippen LogP contribution in [0.2, 0.25) is 0 Å². The topological polar surface area (TPSA) is 114 Å². The van der Waals surface area contributed by atoms with Crippen LogP contribution in [0.25, 0.3) is 0 Å². The van der Waals surface area contributed by atoms with Crippen molar-refractivity contribution in [3.05, 3.63) is 0 Å². The van der Waals surface area contributed by atoms with E-state index < -0.39 is 31.3 Å². The molecule has 16 heteroatoms. The van der Waals surface area contributed by atoms with E-state index in [1.165, 1.54) is 0 Å². The maximum Gasteiger partial charge on any atom is 1.00 e. The average Bonchev–Trinajstić information content (AvgIpc) is 1.77. The Kier molecular flexibility index (Phi) is 14.3. The predicted octanol–water partition coefficient (Wildman–Crippen LogP) is -5.89. The molecule has 0 aromatic rings. The van der Waals surface area contributed by atoms with Crippen molar-refractivity contribution in [3.8, 4) is 0 Å². The molecule has 18 heavy (non-hydrogen) atoms. The van der Waals surface area contributed by atoms with Gasteiger partial charge in [0.1, 0.15) is 0 Å². The minimum Gasteiger partial charge on any atom is -0.741 e. The third-order valence-electron chi connectivity index (χ3n) is 0.567. The summed E-state index contributed by atoms with van der Waals surface area (Å²) in [5.74, 6) is 0. The van der Waals surface area contributed by atoms with Gasteiger partial charge in [0.2, 0.25) is 0 Å². The van der Waals surface area contributed by atoms with Crippen LogP contribution in [0.3, 0.4) is 0 Å². The second-order valence-corrected chi connectivity index (χ2v) is 4.54. The zero-order valence-corrected chi connectivity index (χ0v) is 15.3. The van der Waals surface area contributed by atoms with Gasteiger partial charge in [-0.3, -0.25) is 0 Å². The summed E-state index contributed by atoms with van der Waals surface area (Å²) in [7, 11) is -12.2. The summed E-state index contributed by atoms with van der Waals surface area (Å²) >= 11 is 0. The van der Waals surface area contributed by atoms with E-state index in [9.17, 15) is 26.3 Å². The van der Waals surface area contributed by atoms with E-state index in [0.717, 1.165) is 0 Å². The molecule has 0 bridgehead atoms. The monoisotopic (exact) mass is 360 g/mol. The SMILES string of the molecule is O=S(=O)([O-])C(F)(F)F.O=S(=O)([O-])C(F)(F)F.[K+].[Na+]. The Labute approximate surface area is 162 Å². The zero-order chi connectivity index (χ0) is 14.0. The fourth-order valence-corrected chi connectivity index (χ4v) is 0. The second-order valence-electron chi connectivity index (χ2n) is 1.80. The summed E-state index contributed by atoms with van der Waals surface area (Å²) in [6.45, 7) is 0. The Balaban J connectivity index is -0.0000000980. The number of rotatable bonds is 0. The standard InChI is InChI=1S/2CHF3O3S.K.Na/c2*2-1(3,4)8(5,6)7;;/h2*(H,5,6,7);;/q;;2*+1/p-2. The van der Waals surface area contributed by atoms with Gasteiger partial charge in [-0.15, -0.1) is 0 Å². The van der Waals surface area contributed by atoms with Crippen molar-refractivity contribution in [2.45, 2.75) is 11.0 Å². The first kappa shape index (κ1) is 28.2. The van der Waals surface area contributed by atoms with Gasteiger partial charge in [0.15, 0.2) is 20.2 Å². The summed E-state index contributed by atoms with van der Waals surface area (Å²) in [4.78, 5) is 0. The van der Waals surface area contributed by atoms with E-state index in [4.69, 9.17) is 25.9 Å². The van der Waals surface area contributed by atoms with Crippen molar-refractivity contribution in [2.75, 3.05) is 0 Å². The molecule has 0 heterocycles. The average molecular weight is 360 g/mol. The first-order valence-corrected chi connectivity index (χ1v) is 5.36. The smallest absolute Gasteiger partial charge is 0.741 e. The molecule has 0 rings (SSSR count). The molecular formula is C2F6KNaO6S2. The molecule has 0 radical (unpaired) electrons. The van der Waals surface area contributed by atoms with Crippen LogP contribution in [-0.2, 0) is 20.2 Å². The van der Waals surface area contributed by atoms with Crippen LogP contribution in [0.5, 0.6) is 0 Å². The number of hydrogen-bond acceptors (Lipinski definition) is 6. The van der Waals surface area contributed by atoms with E-state index in [-0.39, 0.29) is 80.9 Å². The van der Waals surface area contributed by atoms with Gasteiger partial charge in [-0.05, 0) is 0 Å². The second kappa shape index (κ2) is 9.14. The van der Waals surface area contributed by atoms with Crippen LogP contribution in [0.15, 0.2) is 0 Å². The van der Waals surface area contributed by atoms with E-state index in [1.807, 2.05) is 0 Å². The molecule has 0 saturated carbocycles. The number of hydrogen-bond donors (Lipinski definition) is 0. The van der Waals surface area contributed by atoms with Crippen LogP contribution in [-0.4, -0.2) is 37.0 Å². The molecule has 0 aliphatic carbocycles. The minimum absolute atomic E-state index is 0. The quantitative estimate of drug-likeness (QED) is 0.184. The molecule has 0 fully saturated rings. The molecule has 0 aromatic carbocycles. The Bertz CT molecular complexity index is 380. The minimum atomic E-state index is -6.09. The van der Waals surface area contributed by atoms with Crippen molar-refractivity contribution in [1.82, 2.24) is 0 Å². The molecule has 0 saturated heterocycles. The van der Waals surface area contributed by atoms with Gasteiger partial charge in [0, 0.05) is 0 Å². The Morgan fingerprint density at radius 1 is 0.667 bits per heavy atom. The summed E-state index contributed by atoms with van der Waals surface area (Å²) in [5.41, 5.74) is -11.3. The molecular weight excluding hydrogens is 360 g/mol. The third-order valence-corrected chi connectivity index (χ3v) is 1.70. The molecule has 0 atom stereocenters. The van der Waals surface area contributed by atoms with Gasteiger partial charge < -0.3 is 9.11 Å². The molecule has 0 N–H and O–H groups in total. The molecule has 0 spiro atoms. The van der Waals surface area contributed by atoms with Gasteiger partial charge in [-0.2, -0.15) is 26.3 Å². The molecule has 0 aliphatic heterocycles. The van der Waals surface area contributed by atoms with Gasteiger partial charge in [-0.25, -0.2) is 16.8 Å². The number of alkyl halides is 6. The summed E-state index contributed by atoms with van der Waals surface area (Å²) < 4.78 is 118. The summed E-state index contributed by atoms with van der Waals surface area (Å²) in [6.07, 6.45) is 0. The molecule has 0 unspecified atom stereocenters. The van der Waals surface area contributed by atoms with Crippen molar-refractivity contribution >= 4 is 20.2 Å².